The molecule has 166 valence electrons. The van der Waals surface area contributed by atoms with Gasteiger partial charge >= 0.3 is 0 Å². The van der Waals surface area contributed by atoms with Gasteiger partial charge in [0.2, 0.25) is 11.8 Å². The smallest absolute Gasteiger partial charge is 0.234 e. The van der Waals surface area contributed by atoms with Crippen molar-refractivity contribution in [3.05, 3.63) is 95.6 Å². The van der Waals surface area contributed by atoms with E-state index in [1.165, 1.54) is 11.8 Å². The van der Waals surface area contributed by atoms with Crippen LogP contribution in [0.25, 0.3) is 0 Å². The van der Waals surface area contributed by atoms with Crippen LogP contribution in [0.2, 0.25) is 0 Å². The molecular formula is C26H28N2O3S. The zero-order valence-electron chi connectivity index (χ0n) is 18.3. The minimum Gasteiger partial charge on any atom is -0.489 e. The van der Waals surface area contributed by atoms with Crippen molar-refractivity contribution < 1.29 is 14.3 Å². The van der Waals surface area contributed by atoms with Crippen molar-refractivity contribution in [1.29, 1.82) is 0 Å². The predicted octanol–water partition coefficient (Wildman–Crippen LogP) is 4.95. The molecule has 3 rings (SSSR count). The molecule has 32 heavy (non-hydrogen) atoms. The molecule has 0 aliphatic rings. The van der Waals surface area contributed by atoms with Crippen molar-refractivity contribution in [3.63, 3.8) is 0 Å². The van der Waals surface area contributed by atoms with Gasteiger partial charge in [0.15, 0.2) is 0 Å². The summed E-state index contributed by atoms with van der Waals surface area (Å²) in [4.78, 5) is 24.7. The van der Waals surface area contributed by atoms with Crippen molar-refractivity contribution in [1.82, 2.24) is 5.32 Å². The maximum Gasteiger partial charge on any atom is 0.234 e. The van der Waals surface area contributed by atoms with E-state index in [2.05, 4.69) is 10.6 Å². The van der Waals surface area contributed by atoms with Crippen molar-refractivity contribution in [2.24, 2.45) is 0 Å². The molecule has 0 fully saturated rings. The second-order valence-corrected chi connectivity index (χ2v) is 8.78. The maximum absolute atomic E-state index is 12.5. The van der Waals surface area contributed by atoms with Crippen LogP contribution in [0.5, 0.6) is 5.75 Å². The summed E-state index contributed by atoms with van der Waals surface area (Å²) in [6, 6.07) is 25.2. The van der Waals surface area contributed by atoms with Gasteiger partial charge in [-0.3, -0.25) is 9.59 Å². The van der Waals surface area contributed by atoms with E-state index < -0.39 is 0 Å². The van der Waals surface area contributed by atoms with E-state index >= 15 is 0 Å². The summed E-state index contributed by atoms with van der Waals surface area (Å²) in [6.45, 7) is 4.65. The van der Waals surface area contributed by atoms with Crippen LogP contribution in [0.4, 0.5) is 5.69 Å². The van der Waals surface area contributed by atoms with Gasteiger partial charge < -0.3 is 15.4 Å². The number of amides is 2. The van der Waals surface area contributed by atoms with Crippen LogP contribution < -0.4 is 15.4 Å². The fourth-order valence-electron chi connectivity index (χ4n) is 2.98. The fourth-order valence-corrected chi connectivity index (χ4v) is 3.69. The number of carbonyl (C=O) groups is 2. The molecule has 0 radical (unpaired) electrons. The Bertz CT molecular complexity index is 1020. The number of anilines is 1. The van der Waals surface area contributed by atoms with Crippen LogP contribution in [0.1, 0.15) is 23.6 Å². The first-order valence-electron chi connectivity index (χ1n) is 10.5. The third-order valence-corrected chi connectivity index (χ3v) is 6.02. The van der Waals surface area contributed by atoms with E-state index in [4.69, 9.17) is 4.74 Å². The second kappa shape index (κ2) is 12.0. The number of carbonyl (C=O) groups excluding carboxylic acids is 2. The average Bonchev–Trinajstić information content (AvgIpc) is 2.82. The van der Waals surface area contributed by atoms with E-state index in [0.717, 1.165) is 28.1 Å². The SMILES string of the molecule is Cc1ccc(NC(=O)CSC(C)C(=O)NCc2ccccc2COc2ccccc2)cc1. The molecule has 0 aliphatic heterocycles. The maximum atomic E-state index is 12.5. The Hall–Kier alpha value is -3.25. The molecule has 1 unspecified atom stereocenters. The lowest BCUT2D eigenvalue weighted by Crippen LogP contribution is -2.31. The Balaban J connectivity index is 1.44. The highest BCUT2D eigenvalue weighted by molar-refractivity contribution is 8.01. The topological polar surface area (TPSA) is 67.4 Å². The number of hydrogen-bond acceptors (Lipinski definition) is 4. The molecule has 6 heteroatoms. The number of aryl methyl sites for hydroxylation is 1. The molecule has 0 aliphatic carbocycles. The Morgan fingerprint density at radius 3 is 2.28 bits per heavy atom. The minimum atomic E-state index is -0.341. The molecule has 2 amide bonds. The van der Waals surface area contributed by atoms with Crippen LogP contribution in [-0.2, 0) is 22.7 Å². The first-order chi connectivity index (χ1) is 15.5. The Morgan fingerprint density at radius 2 is 1.56 bits per heavy atom. The zero-order chi connectivity index (χ0) is 22.8. The highest BCUT2D eigenvalue weighted by Crippen LogP contribution is 2.16. The normalized spacial score (nSPS) is 11.4. The van der Waals surface area contributed by atoms with Crippen LogP contribution in [-0.4, -0.2) is 22.8 Å². The number of nitrogens with one attached hydrogen (secondary N) is 2. The lowest BCUT2D eigenvalue weighted by atomic mass is 10.1. The van der Waals surface area contributed by atoms with Crippen LogP contribution in [0.3, 0.4) is 0 Å². The third-order valence-electron chi connectivity index (χ3n) is 4.88. The Morgan fingerprint density at radius 1 is 0.906 bits per heavy atom. The van der Waals surface area contributed by atoms with E-state index in [1.54, 1.807) is 0 Å². The van der Waals surface area contributed by atoms with Crippen molar-refractivity contribution in [2.75, 3.05) is 11.1 Å². The molecular weight excluding hydrogens is 420 g/mol. The molecule has 0 saturated carbocycles. The summed E-state index contributed by atoms with van der Waals surface area (Å²) < 4.78 is 5.85. The van der Waals surface area contributed by atoms with E-state index in [9.17, 15) is 9.59 Å². The standard InChI is InChI=1S/C26H28N2O3S/c1-19-12-14-23(15-13-19)28-25(29)18-32-20(2)26(30)27-16-21-8-6-7-9-22(21)17-31-24-10-4-3-5-11-24/h3-15,20H,16-18H2,1-2H3,(H,27,30)(H,28,29). The Kier molecular flexibility index (Phi) is 8.75. The van der Waals surface area contributed by atoms with Gasteiger partial charge in [0.25, 0.3) is 0 Å². The monoisotopic (exact) mass is 448 g/mol. The number of ether oxygens (including phenoxy) is 1. The molecule has 1 atom stereocenters. The zero-order valence-corrected chi connectivity index (χ0v) is 19.2. The highest BCUT2D eigenvalue weighted by Gasteiger charge is 2.16. The third kappa shape index (κ3) is 7.46. The second-order valence-electron chi connectivity index (χ2n) is 7.46. The number of rotatable bonds is 10. The molecule has 2 N–H and O–H groups in total. The van der Waals surface area contributed by atoms with Crippen molar-refractivity contribution in [2.45, 2.75) is 32.2 Å². The molecule has 0 bridgehead atoms. The lowest BCUT2D eigenvalue weighted by Gasteiger charge is -2.15. The highest BCUT2D eigenvalue weighted by atomic mass is 32.2. The summed E-state index contributed by atoms with van der Waals surface area (Å²) >= 11 is 1.31. The number of benzene rings is 3. The fraction of sp³-hybridized carbons (Fsp3) is 0.231. The minimum absolute atomic E-state index is 0.100. The summed E-state index contributed by atoms with van der Waals surface area (Å²) in [5, 5.41) is 5.48. The van der Waals surface area contributed by atoms with Crippen LogP contribution >= 0.6 is 11.8 Å². The molecule has 0 aromatic heterocycles. The van der Waals surface area contributed by atoms with Crippen molar-refractivity contribution >= 4 is 29.3 Å². The number of hydrogen-bond donors (Lipinski definition) is 2. The van der Waals surface area contributed by atoms with E-state index in [1.807, 2.05) is 92.7 Å². The first-order valence-corrected chi connectivity index (χ1v) is 11.6. The average molecular weight is 449 g/mol. The van der Waals surface area contributed by atoms with E-state index in [0.29, 0.717) is 13.2 Å². The van der Waals surface area contributed by atoms with Gasteiger partial charge in [0.05, 0.1) is 11.0 Å². The van der Waals surface area contributed by atoms with Gasteiger partial charge in [0.1, 0.15) is 12.4 Å². The number of para-hydroxylation sites is 1. The summed E-state index contributed by atoms with van der Waals surface area (Å²) in [6.07, 6.45) is 0. The molecule has 0 saturated heterocycles. The van der Waals surface area contributed by atoms with Gasteiger partial charge in [-0.15, -0.1) is 11.8 Å². The van der Waals surface area contributed by atoms with E-state index in [-0.39, 0.29) is 22.8 Å². The van der Waals surface area contributed by atoms with Gasteiger partial charge in [-0.05, 0) is 49.2 Å². The molecule has 3 aromatic carbocycles. The summed E-state index contributed by atoms with van der Waals surface area (Å²) in [5.74, 6) is 0.795. The molecule has 3 aromatic rings. The quantitative estimate of drug-likeness (QED) is 0.460. The van der Waals surface area contributed by atoms with Crippen LogP contribution in [0, 0.1) is 6.92 Å². The van der Waals surface area contributed by atoms with Gasteiger partial charge in [-0.2, -0.15) is 0 Å². The molecule has 0 spiro atoms. The van der Waals surface area contributed by atoms with Crippen LogP contribution in [0.15, 0.2) is 78.9 Å². The summed E-state index contributed by atoms with van der Waals surface area (Å²) in [7, 11) is 0. The number of thioether (sulfide) groups is 1. The lowest BCUT2D eigenvalue weighted by molar-refractivity contribution is -0.120. The van der Waals surface area contributed by atoms with Gasteiger partial charge in [0, 0.05) is 12.2 Å². The van der Waals surface area contributed by atoms with Gasteiger partial charge in [-0.1, -0.05) is 60.2 Å². The largest absolute Gasteiger partial charge is 0.489 e. The van der Waals surface area contributed by atoms with Crippen molar-refractivity contribution in [3.8, 4) is 5.75 Å². The summed E-state index contributed by atoms with van der Waals surface area (Å²) in [5.41, 5.74) is 3.92. The molecule has 0 heterocycles. The van der Waals surface area contributed by atoms with Gasteiger partial charge in [-0.25, -0.2) is 0 Å². The predicted molar refractivity (Wildman–Crippen MR) is 131 cm³/mol. The molecule has 5 nitrogen and oxygen atoms in total. The first kappa shape index (κ1) is 23.4. The Labute approximate surface area is 193 Å².